The van der Waals surface area contributed by atoms with Crippen LogP contribution in [0.2, 0.25) is 0 Å². The number of carboxylic acid groups (broad SMARTS) is 1. The summed E-state index contributed by atoms with van der Waals surface area (Å²) in [5.41, 5.74) is -0.135. The number of halogens is 1. The summed E-state index contributed by atoms with van der Waals surface area (Å²) in [5, 5.41) is 12.0. The molecule has 5 nitrogen and oxygen atoms in total. The van der Waals surface area contributed by atoms with Crippen molar-refractivity contribution < 1.29 is 19.4 Å². The molecule has 0 spiro atoms. The molecule has 1 aromatic carbocycles. The number of hydrogen-bond acceptors (Lipinski definition) is 3. The van der Waals surface area contributed by atoms with Crippen LogP contribution in [0.15, 0.2) is 24.3 Å². The van der Waals surface area contributed by atoms with E-state index in [1.807, 2.05) is 12.1 Å². The van der Waals surface area contributed by atoms with Crippen molar-refractivity contribution in [2.24, 2.45) is 0 Å². The van der Waals surface area contributed by atoms with Crippen molar-refractivity contribution in [2.75, 3.05) is 13.2 Å². The Balaban J connectivity index is 2.17. The highest BCUT2D eigenvalue weighted by Gasteiger charge is 2.36. The van der Waals surface area contributed by atoms with Crippen molar-refractivity contribution in [3.05, 3.63) is 33.4 Å². The van der Waals surface area contributed by atoms with E-state index in [2.05, 4.69) is 27.9 Å². The van der Waals surface area contributed by atoms with E-state index in [0.29, 0.717) is 31.6 Å². The molecule has 1 fully saturated rings. The van der Waals surface area contributed by atoms with Crippen LogP contribution in [-0.2, 0) is 9.53 Å². The van der Waals surface area contributed by atoms with Gasteiger partial charge in [0.15, 0.2) is 0 Å². The zero-order valence-electron chi connectivity index (χ0n) is 10.9. The van der Waals surface area contributed by atoms with Crippen LogP contribution in [0.25, 0.3) is 0 Å². The van der Waals surface area contributed by atoms with Gasteiger partial charge in [-0.15, -0.1) is 0 Å². The summed E-state index contributed by atoms with van der Waals surface area (Å²) < 4.78 is 6.12. The summed E-state index contributed by atoms with van der Waals surface area (Å²) in [6.07, 6.45) is 0.967. The number of carbonyl (C=O) groups excluding carboxylic acids is 1. The van der Waals surface area contributed by atoms with Crippen LogP contribution in [0.1, 0.15) is 29.6 Å². The van der Waals surface area contributed by atoms with Gasteiger partial charge in [0.05, 0.1) is 17.5 Å². The molecule has 1 heterocycles. The number of carbonyl (C=O) groups is 2. The van der Waals surface area contributed by atoms with Gasteiger partial charge in [0.2, 0.25) is 0 Å². The second kappa shape index (κ2) is 6.53. The molecule has 6 heteroatoms. The average molecular weight is 389 g/mol. The van der Waals surface area contributed by atoms with E-state index in [9.17, 15) is 9.59 Å². The number of hydrogen-bond donors (Lipinski definition) is 2. The van der Waals surface area contributed by atoms with E-state index in [1.54, 1.807) is 12.1 Å². The smallest absolute Gasteiger partial charge is 0.305 e. The minimum Gasteiger partial charge on any atom is -0.481 e. The molecular formula is C14H16INO4. The standard InChI is InChI=1S/C14H16INO4/c15-11-4-2-1-3-10(11)13(19)16-14(9-12(17)18)5-7-20-8-6-14/h1-4H,5-9H2,(H,16,19)(H,17,18). The Morgan fingerprint density at radius 1 is 1.30 bits per heavy atom. The summed E-state index contributed by atoms with van der Waals surface area (Å²) in [7, 11) is 0. The lowest BCUT2D eigenvalue weighted by molar-refractivity contribution is -0.139. The van der Waals surface area contributed by atoms with Crippen LogP contribution < -0.4 is 5.32 Å². The molecule has 0 aliphatic carbocycles. The van der Waals surface area contributed by atoms with Crippen molar-refractivity contribution in [2.45, 2.75) is 24.8 Å². The number of amides is 1. The predicted molar refractivity (Wildman–Crippen MR) is 81.7 cm³/mol. The topological polar surface area (TPSA) is 75.6 Å². The van der Waals surface area contributed by atoms with Gasteiger partial charge < -0.3 is 15.2 Å². The largest absolute Gasteiger partial charge is 0.481 e. The molecule has 0 saturated carbocycles. The van der Waals surface area contributed by atoms with Crippen molar-refractivity contribution in [3.63, 3.8) is 0 Å². The highest BCUT2D eigenvalue weighted by Crippen LogP contribution is 2.25. The third-order valence-electron chi connectivity index (χ3n) is 3.44. The van der Waals surface area contributed by atoms with Crippen LogP contribution >= 0.6 is 22.6 Å². The molecule has 0 radical (unpaired) electrons. The third-order valence-corrected chi connectivity index (χ3v) is 4.38. The number of carboxylic acids is 1. The SMILES string of the molecule is O=C(O)CC1(NC(=O)c2ccccc2I)CCOCC1. The van der Waals surface area contributed by atoms with Gasteiger partial charge in [-0.3, -0.25) is 9.59 Å². The van der Waals surface area contributed by atoms with Crippen LogP contribution in [0.5, 0.6) is 0 Å². The summed E-state index contributed by atoms with van der Waals surface area (Å²) in [4.78, 5) is 23.4. The second-order valence-corrected chi connectivity index (χ2v) is 6.06. The molecule has 0 atom stereocenters. The number of ether oxygens (including phenoxy) is 1. The molecule has 20 heavy (non-hydrogen) atoms. The van der Waals surface area contributed by atoms with Gasteiger partial charge in [-0.05, 0) is 47.6 Å². The molecule has 2 rings (SSSR count). The van der Waals surface area contributed by atoms with Gasteiger partial charge in [0.25, 0.3) is 5.91 Å². The first-order valence-corrected chi connectivity index (χ1v) is 7.47. The van der Waals surface area contributed by atoms with Crippen molar-refractivity contribution in [3.8, 4) is 0 Å². The van der Waals surface area contributed by atoms with E-state index >= 15 is 0 Å². The molecule has 0 unspecified atom stereocenters. The van der Waals surface area contributed by atoms with Crippen LogP contribution in [0, 0.1) is 3.57 Å². The van der Waals surface area contributed by atoms with E-state index in [-0.39, 0.29) is 12.3 Å². The van der Waals surface area contributed by atoms with E-state index in [0.717, 1.165) is 3.57 Å². The van der Waals surface area contributed by atoms with Gasteiger partial charge in [-0.1, -0.05) is 12.1 Å². The fourth-order valence-corrected chi connectivity index (χ4v) is 2.98. The highest BCUT2D eigenvalue weighted by atomic mass is 127. The van der Waals surface area contributed by atoms with Crippen LogP contribution in [0.4, 0.5) is 0 Å². The lowest BCUT2D eigenvalue weighted by Crippen LogP contribution is -2.53. The van der Waals surface area contributed by atoms with Gasteiger partial charge >= 0.3 is 5.97 Å². The lowest BCUT2D eigenvalue weighted by atomic mass is 9.86. The zero-order chi connectivity index (χ0) is 14.6. The van der Waals surface area contributed by atoms with Gasteiger partial charge in [0, 0.05) is 16.8 Å². The normalized spacial score (nSPS) is 17.4. The van der Waals surface area contributed by atoms with Crippen molar-refractivity contribution in [1.82, 2.24) is 5.32 Å². The Morgan fingerprint density at radius 2 is 1.95 bits per heavy atom. The average Bonchev–Trinajstić information content (AvgIpc) is 2.39. The van der Waals surface area contributed by atoms with Crippen LogP contribution in [0.3, 0.4) is 0 Å². The molecule has 1 saturated heterocycles. The van der Waals surface area contributed by atoms with E-state index < -0.39 is 11.5 Å². The zero-order valence-corrected chi connectivity index (χ0v) is 13.1. The second-order valence-electron chi connectivity index (χ2n) is 4.90. The maximum Gasteiger partial charge on any atom is 0.305 e. The molecule has 0 aromatic heterocycles. The van der Waals surface area contributed by atoms with Gasteiger partial charge in [0.1, 0.15) is 0 Å². The Labute approximate surface area is 130 Å². The summed E-state index contributed by atoms with van der Waals surface area (Å²) in [6.45, 7) is 0.943. The Hall–Kier alpha value is -1.15. The molecule has 1 aliphatic rings. The Bertz CT molecular complexity index is 512. The summed E-state index contributed by atoms with van der Waals surface area (Å²) in [6, 6.07) is 7.25. The monoisotopic (exact) mass is 389 g/mol. The molecule has 1 aromatic rings. The third kappa shape index (κ3) is 3.69. The molecule has 2 N–H and O–H groups in total. The van der Waals surface area contributed by atoms with Gasteiger partial charge in [-0.25, -0.2) is 0 Å². The first-order chi connectivity index (χ1) is 9.52. The molecule has 1 amide bonds. The van der Waals surface area contributed by atoms with Crippen LogP contribution in [-0.4, -0.2) is 35.7 Å². The lowest BCUT2D eigenvalue weighted by Gasteiger charge is -2.36. The van der Waals surface area contributed by atoms with E-state index in [4.69, 9.17) is 9.84 Å². The summed E-state index contributed by atoms with van der Waals surface area (Å²) >= 11 is 2.10. The highest BCUT2D eigenvalue weighted by molar-refractivity contribution is 14.1. The number of nitrogens with one attached hydrogen (secondary N) is 1. The number of rotatable bonds is 4. The quantitative estimate of drug-likeness (QED) is 0.773. The maximum atomic E-state index is 12.4. The fraction of sp³-hybridized carbons (Fsp3) is 0.429. The molecule has 108 valence electrons. The maximum absolute atomic E-state index is 12.4. The molecular weight excluding hydrogens is 373 g/mol. The van der Waals surface area contributed by atoms with Gasteiger partial charge in [-0.2, -0.15) is 0 Å². The van der Waals surface area contributed by atoms with E-state index in [1.165, 1.54) is 0 Å². The van der Waals surface area contributed by atoms with Crippen molar-refractivity contribution in [1.29, 1.82) is 0 Å². The number of benzene rings is 1. The number of aliphatic carboxylic acids is 1. The fourth-order valence-electron chi connectivity index (χ4n) is 2.35. The Morgan fingerprint density at radius 3 is 2.55 bits per heavy atom. The Kier molecular flexibility index (Phi) is 4.98. The van der Waals surface area contributed by atoms with Crippen molar-refractivity contribution >= 4 is 34.5 Å². The summed E-state index contributed by atoms with van der Waals surface area (Å²) in [5.74, 6) is -1.13. The minimum atomic E-state index is -0.907. The predicted octanol–water partition coefficient (Wildman–Crippen LogP) is 2.04. The molecule has 1 aliphatic heterocycles. The first kappa shape index (κ1) is 15.2. The minimum absolute atomic E-state index is 0.0779. The molecule has 0 bridgehead atoms. The first-order valence-electron chi connectivity index (χ1n) is 6.39.